The molecule has 0 radical (unpaired) electrons. The Morgan fingerprint density at radius 2 is 1.43 bits per heavy atom. The Bertz CT molecular complexity index is 646. The van der Waals surface area contributed by atoms with Gasteiger partial charge in [0, 0.05) is 6.04 Å². The molecule has 0 amide bonds. The van der Waals surface area contributed by atoms with Gasteiger partial charge in [0.2, 0.25) is 0 Å². The van der Waals surface area contributed by atoms with Gasteiger partial charge in [-0.1, -0.05) is 20.8 Å². The number of hydrogen-bond donors (Lipinski definition) is 5. The molecule has 0 saturated heterocycles. The minimum atomic E-state index is -0.0631. The molecule has 0 aromatic heterocycles. The normalized spacial score (nSPS) is 42.9. The van der Waals surface area contributed by atoms with Crippen molar-refractivity contribution >= 4 is 0 Å². The second-order valence-corrected chi connectivity index (χ2v) is 13.4. The van der Waals surface area contributed by atoms with Crippen LogP contribution >= 0.6 is 0 Å². The van der Waals surface area contributed by atoms with Crippen LogP contribution in [-0.4, -0.2) is 56.5 Å². The molecule has 6 N–H and O–H groups in total. The summed E-state index contributed by atoms with van der Waals surface area (Å²) in [6, 6.07) is 0.650. The highest BCUT2D eigenvalue weighted by Crippen LogP contribution is 2.67. The molecule has 0 bridgehead atoms. The molecule has 0 spiro atoms. The number of unbranched alkanes of at least 4 members (excludes halogenated alkanes) is 1. The average Bonchev–Trinajstić information content (AvgIpc) is 3.15. The van der Waals surface area contributed by atoms with E-state index in [1.165, 1.54) is 64.2 Å². The van der Waals surface area contributed by atoms with Crippen LogP contribution < -0.4 is 21.7 Å². The van der Waals surface area contributed by atoms with Gasteiger partial charge < -0.3 is 26.8 Å². The monoisotopic (exact) mass is 490 g/mol. The van der Waals surface area contributed by atoms with E-state index in [4.69, 9.17) is 5.73 Å². The number of aliphatic hydroxyl groups is 1. The van der Waals surface area contributed by atoms with Crippen LogP contribution in [0, 0.1) is 40.4 Å². The summed E-state index contributed by atoms with van der Waals surface area (Å²) in [5.41, 5.74) is 6.46. The van der Waals surface area contributed by atoms with Crippen molar-refractivity contribution in [3.05, 3.63) is 0 Å². The first-order chi connectivity index (χ1) is 16.9. The molecule has 9 atom stereocenters. The van der Waals surface area contributed by atoms with Crippen molar-refractivity contribution in [1.29, 1.82) is 0 Å². The van der Waals surface area contributed by atoms with Gasteiger partial charge in [-0.15, -0.1) is 0 Å². The molecule has 4 saturated carbocycles. The molecule has 4 aliphatic carbocycles. The summed E-state index contributed by atoms with van der Waals surface area (Å²) in [4.78, 5) is 0. The molecule has 4 rings (SSSR count). The van der Waals surface area contributed by atoms with Gasteiger partial charge in [0.1, 0.15) is 0 Å². The Labute approximate surface area is 216 Å². The Morgan fingerprint density at radius 3 is 2.17 bits per heavy atom. The van der Waals surface area contributed by atoms with Crippen LogP contribution in [0.1, 0.15) is 97.8 Å². The van der Waals surface area contributed by atoms with Crippen molar-refractivity contribution in [1.82, 2.24) is 16.0 Å². The quantitative estimate of drug-likeness (QED) is 0.249. The van der Waals surface area contributed by atoms with Gasteiger partial charge in [0.15, 0.2) is 0 Å². The fraction of sp³-hybridized carbons (Fsp3) is 1.00. The van der Waals surface area contributed by atoms with E-state index in [9.17, 15) is 5.11 Å². The Balaban J connectivity index is 1.15. The molecule has 4 aliphatic rings. The van der Waals surface area contributed by atoms with Crippen LogP contribution in [-0.2, 0) is 0 Å². The Hall–Kier alpha value is -0.200. The smallest absolute Gasteiger partial charge is 0.0577 e. The molecule has 204 valence electrons. The second-order valence-electron chi connectivity index (χ2n) is 13.4. The molecule has 0 heterocycles. The van der Waals surface area contributed by atoms with Gasteiger partial charge in [-0.05, 0) is 157 Å². The van der Waals surface area contributed by atoms with Crippen molar-refractivity contribution in [3.8, 4) is 0 Å². The Morgan fingerprint density at radius 1 is 0.771 bits per heavy atom. The maximum absolute atomic E-state index is 11.4. The molecule has 0 aliphatic heterocycles. The van der Waals surface area contributed by atoms with Gasteiger partial charge in [-0.3, -0.25) is 0 Å². The van der Waals surface area contributed by atoms with Crippen LogP contribution in [0.4, 0.5) is 0 Å². The van der Waals surface area contributed by atoms with E-state index in [2.05, 4.69) is 36.7 Å². The lowest BCUT2D eigenvalue weighted by Crippen LogP contribution is -2.59. The molecule has 3 unspecified atom stereocenters. The third-order valence-electron chi connectivity index (χ3n) is 11.6. The highest BCUT2D eigenvalue weighted by molar-refractivity contribution is 5.11. The van der Waals surface area contributed by atoms with E-state index < -0.39 is 0 Å². The summed E-state index contributed by atoms with van der Waals surface area (Å²) in [5.74, 6) is 3.62. The van der Waals surface area contributed by atoms with Crippen molar-refractivity contribution in [2.75, 3.05) is 39.3 Å². The summed E-state index contributed by atoms with van der Waals surface area (Å²) in [6.45, 7) is 14.0. The topological polar surface area (TPSA) is 82.3 Å². The van der Waals surface area contributed by atoms with E-state index >= 15 is 0 Å². The van der Waals surface area contributed by atoms with Gasteiger partial charge in [-0.25, -0.2) is 0 Å². The van der Waals surface area contributed by atoms with Crippen LogP contribution in [0.5, 0.6) is 0 Å². The van der Waals surface area contributed by atoms with Crippen LogP contribution in [0.15, 0.2) is 0 Å². The number of nitrogens with one attached hydrogen (secondary N) is 3. The summed E-state index contributed by atoms with van der Waals surface area (Å²) in [5, 5.41) is 22.4. The van der Waals surface area contributed by atoms with Gasteiger partial charge in [-0.2, -0.15) is 0 Å². The number of nitrogens with two attached hydrogens (primary N) is 1. The SMILES string of the molecule is C[C@H]1CCC2C3C(CC[C@@]21C)[C@@]1(C)CC[C@H](NCCCNCCCCNCCCN)C[C@@H]1C[C@H]3O. The summed E-state index contributed by atoms with van der Waals surface area (Å²) in [7, 11) is 0. The largest absolute Gasteiger partial charge is 0.393 e. The predicted octanol–water partition coefficient (Wildman–Crippen LogP) is 4.29. The number of aliphatic hydroxyl groups excluding tert-OH is 1. The van der Waals surface area contributed by atoms with E-state index in [0.717, 1.165) is 69.9 Å². The minimum absolute atomic E-state index is 0.0631. The highest BCUT2D eigenvalue weighted by atomic mass is 16.3. The molecule has 0 aromatic rings. The minimum Gasteiger partial charge on any atom is -0.393 e. The zero-order valence-electron chi connectivity index (χ0n) is 23.3. The van der Waals surface area contributed by atoms with Crippen molar-refractivity contribution < 1.29 is 5.11 Å². The predicted molar refractivity (Wildman–Crippen MR) is 147 cm³/mol. The van der Waals surface area contributed by atoms with Gasteiger partial charge in [0.05, 0.1) is 6.10 Å². The zero-order chi connectivity index (χ0) is 24.9. The third-order valence-corrected chi connectivity index (χ3v) is 11.6. The van der Waals surface area contributed by atoms with Gasteiger partial charge in [0.25, 0.3) is 0 Å². The summed E-state index contributed by atoms with van der Waals surface area (Å²) >= 11 is 0. The van der Waals surface area contributed by atoms with Crippen LogP contribution in [0.25, 0.3) is 0 Å². The first kappa shape index (κ1) is 27.8. The maximum atomic E-state index is 11.4. The molecule has 5 nitrogen and oxygen atoms in total. The van der Waals surface area contributed by atoms with E-state index in [1.54, 1.807) is 0 Å². The lowest BCUT2D eigenvalue weighted by molar-refractivity contribution is -0.164. The number of rotatable bonds is 13. The number of hydrogen-bond acceptors (Lipinski definition) is 5. The van der Waals surface area contributed by atoms with Crippen LogP contribution in [0.2, 0.25) is 0 Å². The Kier molecular flexibility index (Phi) is 9.99. The maximum Gasteiger partial charge on any atom is 0.0577 e. The van der Waals surface area contributed by atoms with Crippen molar-refractivity contribution in [2.45, 2.75) is 110 Å². The molecule has 0 aromatic carbocycles. The first-order valence-electron chi connectivity index (χ1n) is 15.4. The zero-order valence-corrected chi connectivity index (χ0v) is 23.3. The van der Waals surface area contributed by atoms with Crippen LogP contribution in [0.3, 0.4) is 0 Å². The highest BCUT2D eigenvalue weighted by Gasteiger charge is 2.61. The lowest BCUT2D eigenvalue weighted by atomic mass is 9.44. The molecular formula is C30H58N4O. The second kappa shape index (κ2) is 12.6. The molecule has 4 fully saturated rings. The summed E-state index contributed by atoms with van der Waals surface area (Å²) < 4.78 is 0. The third kappa shape index (κ3) is 6.11. The molecule has 5 heteroatoms. The lowest BCUT2D eigenvalue weighted by Gasteiger charge is -2.62. The first-order valence-corrected chi connectivity index (χ1v) is 15.4. The van der Waals surface area contributed by atoms with E-state index in [1.807, 2.05) is 0 Å². The fourth-order valence-corrected chi connectivity index (χ4v) is 9.17. The van der Waals surface area contributed by atoms with E-state index in [-0.39, 0.29) is 6.10 Å². The van der Waals surface area contributed by atoms with E-state index in [0.29, 0.717) is 28.7 Å². The van der Waals surface area contributed by atoms with Gasteiger partial charge >= 0.3 is 0 Å². The average molecular weight is 491 g/mol. The summed E-state index contributed by atoms with van der Waals surface area (Å²) in [6.07, 6.45) is 15.2. The van der Waals surface area contributed by atoms with Crippen molar-refractivity contribution in [2.24, 2.45) is 46.2 Å². The molecular weight excluding hydrogens is 432 g/mol. The molecule has 35 heavy (non-hydrogen) atoms. The standard InChI is InChI=1S/C30H58N4O/c1-22-8-9-25-28-26(11-13-29(22,25)2)30(3)12-10-24(20-23(30)21-27(28)35)34-19-7-18-33-16-5-4-15-32-17-6-14-31/h22-28,32-35H,4-21,31H2,1-3H3/t22-,23+,24-,25?,26?,27+,28?,29+,30-/m0/s1. The number of fused-ring (bicyclic) bond motifs is 5. The van der Waals surface area contributed by atoms with Crippen molar-refractivity contribution in [3.63, 3.8) is 0 Å². The fourth-order valence-electron chi connectivity index (χ4n) is 9.17.